The first-order chi connectivity index (χ1) is 8.45. The summed E-state index contributed by atoms with van der Waals surface area (Å²) in [5.41, 5.74) is 0.524. The maximum absolute atomic E-state index is 13.4. The maximum atomic E-state index is 13.4. The van der Waals surface area contributed by atoms with E-state index in [-0.39, 0.29) is 25.4 Å². The van der Waals surface area contributed by atoms with Crippen molar-refractivity contribution in [3.05, 3.63) is 24.3 Å². The van der Waals surface area contributed by atoms with Crippen LogP contribution in [0.15, 0.2) is 24.3 Å². The Hall–Kier alpha value is -1.65. The summed E-state index contributed by atoms with van der Waals surface area (Å²) in [6.45, 7) is 6.62. The molecule has 0 aliphatic carbocycles. The minimum absolute atomic E-state index is 0.00231. The molecule has 0 N–H and O–H groups in total. The molecule has 0 aromatic rings. The summed E-state index contributed by atoms with van der Waals surface area (Å²) in [5.74, 6) is -0.0864. The van der Waals surface area contributed by atoms with Crippen molar-refractivity contribution in [2.45, 2.75) is 32.5 Å². The highest BCUT2D eigenvalue weighted by molar-refractivity contribution is 5.92. The summed E-state index contributed by atoms with van der Waals surface area (Å²) in [4.78, 5) is 24.1. The van der Waals surface area contributed by atoms with Gasteiger partial charge in [-0.3, -0.25) is 9.69 Å². The Kier molecular flexibility index (Phi) is 5.07. The molecule has 100 valence electrons. The summed E-state index contributed by atoms with van der Waals surface area (Å²) in [6.07, 6.45) is 1.62. The fraction of sp³-hybridized carbons (Fsp3) is 0.538. The smallest absolute Gasteiger partial charge is 0.410 e. The van der Waals surface area contributed by atoms with Crippen molar-refractivity contribution >= 4 is 11.9 Å². The van der Waals surface area contributed by atoms with Gasteiger partial charge in [-0.2, -0.15) is 0 Å². The Morgan fingerprint density at radius 1 is 1.50 bits per heavy atom. The summed E-state index contributed by atoms with van der Waals surface area (Å²) in [6, 6.07) is -0.416. The van der Waals surface area contributed by atoms with E-state index in [1.54, 1.807) is 13.0 Å². The van der Waals surface area contributed by atoms with Crippen molar-refractivity contribution in [3.63, 3.8) is 0 Å². The number of nitrogens with zero attached hydrogens (tertiary/aromatic N) is 1. The molecule has 1 heterocycles. The van der Waals surface area contributed by atoms with Gasteiger partial charge < -0.3 is 4.74 Å². The number of carbonyl (C=O) groups is 2. The van der Waals surface area contributed by atoms with E-state index in [1.807, 2.05) is 0 Å². The molecule has 4 nitrogen and oxygen atoms in total. The fourth-order valence-electron chi connectivity index (χ4n) is 1.80. The van der Waals surface area contributed by atoms with E-state index >= 15 is 0 Å². The number of likely N-dealkylation sites (tertiary alicyclic amines) is 1. The van der Waals surface area contributed by atoms with Crippen LogP contribution in [0.2, 0.25) is 0 Å². The molecular weight excluding hydrogens is 237 g/mol. The number of ether oxygens (including phenoxy) is 1. The SMILES string of the molecule is C=CCOC(=O)N1CC(F)C[C@H]1C=C(C)C(C)=O. The fourth-order valence-corrected chi connectivity index (χ4v) is 1.80. The van der Waals surface area contributed by atoms with Gasteiger partial charge >= 0.3 is 6.09 Å². The van der Waals surface area contributed by atoms with Crippen molar-refractivity contribution in [1.29, 1.82) is 0 Å². The number of carbonyl (C=O) groups excluding carboxylic acids is 2. The van der Waals surface area contributed by atoms with Crippen LogP contribution in [0, 0.1) is 0 Å². The molecule has 5 heteroatoms. The van der Waals surface area contributed by atoms with Crippen LogP contribution in [0.5, 0.6) is 0 Å². The Bertz CT molecular complexity index is 378. The molecule has 2 atom stereocenters. The third-order valence-corrected chi connectivity index (χ3v) is 2.85. The maximum Gasteiger partial charge on any atom is 0.410 e. The van der Waals surface area contributed by atoms with Gasteiger partial charge in [0.2, 0.25) is 0 Å². The summed E-state index contributed by atoms with van der Waals surface area (Å²) < 4.78 is 18.3. The second kappa shape index (κ2) is 6.33. The molecule has 1 unspecified atom stereocenters. The Balaban J connectivity index is 2.76. The van der Waals surface area contributed by atoms with Crippen LogP contribution in [-0.4, -0.2) is 42.1 Å². The minimum atomic E-state index is -1.08. The Labute approximate surface area is 106 Å². The minimum Gasteiger partial charge on any atom is -0.445 e. The van der Waals surface area contributed by atoms with Gasteiger partial charge in [-0.25, -0.2) is 9.18 Å². The van der Waals surface area contributed by atoms with Gasteiger partial charge in [0.1, 0.15) is 12.8 Å². The van der Waals surface area contributed by atoms with Gasteiger partial charge in [-0.05, 0) is 19.4 Å². The zero-order valence-electron chi connectivity index (χ0n) is 10.7. The van der Waals surface area contributed by atoms with E-state index in [9.17, 15) is 14.0 Å². The van der Waals surface area contributed by atoms with Crippen LogP contribution in [0.3, 0.4) is 0 Å². The average molecular weight is 255 g/mol. The molecule has 1 amide bonds. The van der Waals surface area contributed by atoms with Gasteiger partial charge in [0.25, 0.3) is 0 Å². The Morgan fingerprint density at radius 3 is 2.72 bits per heavy atom. The lowest BCUT2D eigenvalue weighted by Gasteiger charge is -2.21. The number of rotatable bonds is 4. The standard InChI is InChI=1S/C13H18FNO3/c1-4-5-18-13(17)15-8-11(14)7-12(15)6-9(2)10(3)16/h4,6,11-12H,1,5,7-8H2,2-3H3/t11?,12-/m1/s1. The lowest BCUT2D eigenvalue weighted by atomic mass is 10.1. The second-order valence-electron chi connectivity index (χ2n) is 4.32. The van der Waals surface area contributed by atoms with Gasteiger partial charge in [0, 0.05) is 6.42 Å². The van der Waals surface area contributed by atoms with Crippen molar-refractivity contribution in [3.8, 4) is 0 Å². The van der Waals surface area contributed by atoms with Crippen LogP contribution >= 0.6 is 0 Å². The van der Waals surface area contributed by atoms with Crippen molar-refractivity contribution in [1.82, 2.24) is 4.90 Å². The first-order valence-corrected chi connectivity index (χ1v) is 5.83. The van der Waals surface area contributed by atoms with Crippen LogP contribution in [-0.2, 0) is 9.53 Å². The summed E-state index contributed by atoms with van der Waals surface area (Å²) >= 11 is 0. The van der Waals surface area contributed by atoms with Gasteiger partial charge in [0.15, 0.2) is 5.78 Å². The van der Waals surface area contributed by atoms with E-state index < -0.39 is 18.3 Å². The topological polar surface area (TPSA) is 46.6 Å². The Morgan fingerprint density at radius 2 is 2.17 bits per heavy atom. The third kappa shape index (κ3) is 3.68. The van der Waals surface area contributed by atoms with Crippen LogP contribution in [0.1, 0.15) is 20.3 Å². The molecule has 1 aliphatic heterocycles. The largest absolute Gasteiger partial charge is 0.445 e. The number of ketones is 1. The highest BCUT2D eigenvalue weighted by Crippen LogP contribution is 2.23. The van der Waals surface area contributed by atoms with E-state index in [4.69, 9.17) is 4.74 Å². The van der Waals surface area contributed by atoms with E-state index in [0.717, 1.165) is 0 Å². The van der Waals surface area contributed by atoms with Crippen molar-refractivity contribution in [2.24, 2.45) is 0 Å². The van der Waals surface area contributed by atoms with Crippen LogP contribution in [0.4, 0.5) is 9.18 Å². The zero-order chi connectivity index (χ0) is 13.7. The molecule has 1 fully saturated rings. The number of halogens is 1. The number of hydrogen-bond acceptors (Lipinski definition) is 3. The van der Waals surface area contributed by atoms with Crippen LogP contribution < -0.4 is 0 Å². The molecule has 0 radical (unpaired) electrons. The van der Waals surface area contributed by atoms with Gasteiger partial charge in [-0.15, -0.1) is 0 Å². The molecule has 1 aliphatic rings. The normalized spacial score (nSPS) is 23.9. The number of Topliss-reactive ketones (excluding diaryl/α,β-unsaturated/α-hetero) is 1. The highest BCUT2D eigenvalue weighted by Gasteiger charge is 2.35. The molecule has 1 rings (SSSR count). The van der Waals surface area contributed by atoms with E-state index in [1.165, 1.54) is 17.9 Å². The summed E-state index contributed by atoms with van der Waals surface area (Å²) in [5, 5.41) is 0. The van der Waals surface area contributed by atoms with Crippen molar-refractivity contribution in [2.75, 3.05) is 13.2 Å². The predicted octanol–water partition coefficient (Wildman–Crippen LogP) is 2.26. The monoisotopic (exact) mass is 255 g/mol. The number of amides is 1. The molecule has 1 saturated heterocycles. The van der Waals surface area contributed by atoms with E-state index in [0.29, 0.717) is 5.57 Å². The summed E-state index contributed by atoms with van der Waals surface area (Å²) in [7, 11) is 0. The molecule has 0 spiro atoms. The lowest BCUT2D eigenvalue weighted by molar-refractivity contribution is -0.113. The first kappa shape index (κ1) is 14.4. The quantitative estimate of drug-likeness (QED) is 0.572. The molecule has 0 saturated carbocycles. The molecular formula is C13H18FNO3. The molecule has 0 aromatic carbocycles. The molecule has 18 heavy (non-hydrogen) atoms. The van der Waals surface area contributed by atoms with Gasteiger partial charge in [0.05, 0.1) is 12.6 Å². The van der Waals surface area contributed by atoms with E-state index in [2.05, 4.69) is 6.58 Å². The second-order valence-corrected chi connectivity index (χ2v) is 4.32. The number of allylic oxidation sites excluding steroid dienone is 1. The number of hydrogen-bond donors (Lipinski definition) is 0. The molecule has 0 bridgehead atoms. The average Bonchev–Trinajstić information content (AvgIpc) is 2.67. The predicted molar refractivity (Wildman–Crippen MR) is 66.0 cm³/mol. The van der Waals surface area contributed by atoms with Crippen LogP contribution in [0.25, 0.3) is 0 Å². The number of alkyl halides is 1. The first-order valence-electron chi connectivity index (χ1n) is 5.83. The lowest BCUT2D eigenvalue weighted by Crippen LogP contribution is -2.35. The zero-order valence-corrected chi connectivity index (χ0v) is 10.7. The molecule has 0 aromatic heterocycles. The highest BCUT2D eigenvalue weighted by atomic mass is 19.1. The van der Waals surface area contributed by atoms with Gasteiger partial charge in [-0.1, -0.05) is 18.7 Å². The van der Waals surface area contributed by atoms with Crippen molar-refractivity contribution < 1.29 is 18.7 Å². The third-order valence-electron chi connectivity index (χ3n) is 2.85.